The van der Waals surface area contributed by atoms with E-state index in [1.165, 1.54) is 0 Å². The summed E-state index contributed by atoms with van der Waals surface area (Å²) in [5.41, 5.74) is 17.5. The molecule has 0 radical (unpaired) electrons. The van der Waals surface area contributed by atoms with Crippen molar-refractivity contribution in [1.82, 2.24) is 16.2 Å². The Hall–Kier alpha value is -2.26. The first kappa shape index (κ1) is 13.2. The van der Waals surface area contributed by atoms with Crippen molar-refractivity contribution in [3.63, 3.8) is 0 Å². The molecule has 7 nitrogen and oxygen atoms in total. The lowest BCUT2D eigenvalue weighted by atomic mass is 10.1. The first-order valence-electron chi connectivity index (χ1n) is 5.21. The summed E-state index contributed by atoms with van der Waals surface area (Å²) in [6, 6.07) is 7.57. The molecule has 1 aliphatic heterocycles. The molecule has 0 unspecified atom stereocenters. The van der Waals surface area contributed by atoms with Gasteiger partial charge in [0.15, 0.2) is 21.9 Å². The van der Waals surface area contributed by atoms with Crippen LogP contribution in [0, 0.1) is 0 Å². The SMILES string of the molecule is NC(=S)NN=C1NC(=NNC(N)=S)c2ccccc21. The molecule has 0 saturated carbocycles. The van der Waals surface area contributed by atoms with Gasteiger partial charge in [0.05, 0.1) is 0 Å². The Balaban J connectivity index is 2.33. The van der Waals surface area contributed by atoms with Gasteiger partial charge in [-0.1, -0.05) is 24.3 Å². The van der Waals surface area contributed by atoms with Crippen LogP contribution in [0.5, 0.6) is 0 Å². The zero-order valence-corrected chi connectivity index (χ0v) is 11.3. The summed E-state index contributed by atoms with van der Waals surface area (Å²) < 4.78 is 0. The molecule has 0 aromatic heterocycles. The third kappa shape index (κ3) is 3.14. The number of amidine groups is 2. The second-order valence-electron chi connectivity index (χ2n) is 3.54. The fourth-order valence-corrected chi connectivity index (χ4v) is 1.63. The molecule has 1 aromatic rings. The van der Waals surface area contributed by atoms with Gasteiger partial charge < -0.3 is 16.8 Å². The topological polar surface area (TPSA) is 113 Å². The first-order chi connectivity index (χ1) is 9.08. The van der Waals surface area contributed by atoms with Crippen LogP contribution < -0.4 is 27.6 Å². The summed E-state index contributed by atoms with van der Waals surface area (Å²) in [6.45, 7) is 0. The lowest BCUT2D eigenvalue weighted by molar-refractivity contribution is 1.00. The van der Waals surface area contributed by atoms with Crippen LogP contribution >= 0.6 is 24.4 Å². The fraction of sp³-hybridized carbons (Fsp3) is 0. The van der Waals surface area contributed by atoms with Crippen molar-refractivity contribution in [3.8, 4) is 0 Å². The second-order valence-corrected chi connectivity index (χ2v) is 4.42. The van der Waals surface area contributed by atoms with Crippen molar-refractivity contribution in [1.29, 1.82) is 0 Å². The number of hydrogen-bond acceptors (Lipinski definition) is 4. The molecule has 98 valence electrons. The van der Waals surface area contributed by atoms with Gasteiger partial charge >= 0.3 is 0 Å². The first-order valence-corrected chi connectivity index (χ1v) is 6.02. The normalized spacial score (nSPS) is 16.8. The van der Waals surface area contributed by atoms with Crippen LogP contribution in [0.2, 0.25) is 0 Å². The summed E-state index contributed by atoms with van der Waals surface area (Å²) in [5.74, 6) is 1.12. The van der Waals surface area contributed by atoms with Crippen molar-refractivity contribution in [3.05, 3.63) is 35.4 Å². The smallest absolute Gasteiger partial charge is 0.184 e. The van der Waals surface area contributed by atoms with Crippen LogP contribution in [0.4, 0.5) is 0 Å². The Labute approximate surface area is 120 Å². The molecule has 19 heavy (non-hydrogen) atoms. The third-order valence-electron chi connectivity index (χ3n) is 2.23. The third-order valence-corrected chi connectivity index (χ3v) is 2.41. The van der Waals surface area contributed by atoms with Crippen LogP contribution in [-0.2, 0) is 0 Å². The average molecular weight is 293 g/mol. The minimum Gasteiger partial charge on any atom is -0.375 e. The van der Waals surface area contributed by atoms with E-state index in [0.29, 0.717) is 11.7 Å². The van der Waals surface area contributed by atoms with Crippen molar-refractivity contribution in [2.24, 2.45) is 21.7 Å². The molecule has 9 heteroatoms. The minimum absolute atomic E-state index is 0.0819. The molecule has 1 aromatic carbocycles. The standard InChI is InChI=1S/C10H11N7S2/c11-9(18)16-14-7-5-3-1-2-4-6(5)8(13-7)15-17-10(12)19/h1-4H,(H3,11,16,18)(H3,12,17,19)(H,13,14,15). The van der Waals surface area contributed by atoms with E-state index in [2.05, 4.69) is 26.4 Å². The van der Waals surface area contributed by atoms with Gasteiger partial charge in [0.2, 0.25) is 0 Å². The predicted octanol–water partition coefficient (Wildman–Crippen LogP) is -0.721. The molecule has 0 fully saturated rings. The monoisotopic (exact) mass is 293 g/mol. The van der Waals surface area contributed by atoms with Crippen LogP contribution in [-0.4, -0.2) is 21.9 Å². The van der Waals surface area contributed by atoms with Crippen molar-refractivity contribution < 1.29 is 0 Å². The highest BCUT2D eigenvalue weighted by molar-refractivity contribution is 7.80. The van der Waals surface area contributed by atoms with E-state index in [-0.39, 0.29) is 10.2 Å². The highest BCUT2D eigenvalue weighted by atomic mass is 32.1. The predicted molar refractivity (Wildman–Crippen MR) is 82.5 cm³/mol. The van der Waals surface area contributed by atoms with Gasteiger partial charge in [-0.2, -0.15) is 10.2 Å². The highest BCUT2D eigenvalue weighted by Crippen LogP contribution is 2.15. The largest absolute Gasteiger partial charge is 0.375 e. The van der Waals surface area contributed by atoms with E-state index in [9.17, 15) is 0 Å². The van der Waals surface area contributed by atoms with Crippen molar-refractivity contribution in [2.75, 3.05) is 0 Å². The zero-order valence-electron chi connectivity index (χ0n) is 9.68. The molecule has 7 N–H and O–H groups in total. The maximum absolute atomic E-state index is 5.33. The van der Waals surface area contributed by atoms with E-state index >= 15 is 0 Å². The van der Waals surface area contributed by atoms with E-state index in [1.807, 2.05) is 24.3 Å². The number of nitrogens with two attached hydrogens (primary N) is 2. The molecule has 0 saturated heterocycles. The Morgan fingerprint density at radius 2 is 1.37 bits per heavy atom. The van der Waals surface area contributed by atoms with Gasteiger partial charge in [0.1, 0.15) is 0 Å². The molecule has 2 rings (SSSR count). The molecular formula is C10H11N7S2. The van der Waals surface area contributed by atoms with E-state index in [4.69, 9.17) is 35.9 Å². The van der Waals surface area contributed by atoms with Crippen LogP contribution in [0.1, 0.15) is 11.1 Å². The number of benzene rings is 1. The molecule has 1 heterocycles. The van der Waals surface area contributed by atoms with Gasteiger partial charge in [-0.3, -0.25) is 10.9 Å². The Morgan fingerprint density at radius 1 is 0.947 bits per heavy atom. The Morgan fingerprint density at radius 3 is 1.74 bits per heavy atom. The van der Waals surface area contributed by atoms with Crippen LogP contribution in [0.3, 0.4) is 0 Å². The molecule has 0 atom stereocenters. The molecule has 1 aliphatic rings. The number of thiocarbonyl (C=S) groups is 2. The second kappa shape index (κ2) is 5.59. The lowest BCUT2D eigenvalue weighted by Crippen LogP contribution is -2.32. The van der Waals surface area contributed by atoms with E-state index in [0.717, 1.165) is 11.1 Å². The van der Waals surface area contributed by atoms with E-state index in [1.54, 1.807) is 0 Å². The molecule has 0 amide bonds. The fourth-order valence-electron chi connectivity index (χ4n) is 1.54. The van der Waals surface area contributed by atoms with Crippen molar-refractivity contribution in [2.45, 2.75) is 0 Å². The van der Waals surface area contributed by atoms with Gasteiger partial charge in [-0.15, -0.1) is 0 Å². The highest BCUT2D eigenvalue weighted by Gasteiger charge is 2.23. The minimum atomic E-state index is 0.0819. The molecule has 0 aliphatic carbocycles. The lowest BCUT2D eigenvalue weighted by Gasteiger charge is -2.01. The van der Waals surface area contributed by atoms with Gasteiger partial charge in [-0.25, -0.2) is 0 Å². The Kier molecular flexibility index (Phi) is 3.88. The number of hydrogen-bond donors (Lipinski definition) is 5. The molecule has 0 bridgehead atoms. The van der Waals surface area contributed by atoms with Crippen LogP contribution in [0.25, 0.3) is 0 Å². The number of rotatable bonds is 2. The van der Waals surface area contributed by atoms with E-state index < -0.39 is 0 Å². The summed E-state index contributed by atoms with van der Waals surface area (Å²) in [6.07, 6.45) is 0. The maximum atomic E-state index is 5.33. The molecular weight excluding hydrogens is 282 g/mol. The summed E-state index contributed by atoms with van der Waals surface area (Å²) in [5, 5.41) is 11.3. The Bertz CT molecular complexity index is 542. The summed E-state index contributed by atoms with van der Waals surface area (Å²) >= 11 is 9.40. The van der Waals surface area contributed by atoms with Gasteiger partial charge in [-0.05, 0) is 24.4 Å². The van der Waals surface area contributed by atoms with Gasteiger partial charge in [0, 0.05) is 11.1 Å². The zero-order chi connectivity index (χ0) is 13.8. The maximum Gasteiger partial charge on any atom is 0.184 e. The number of hydrazone groups is 2. The summed E-state index contributed by atoms with van der Waals surface area (Å²) in [4.78, 5) is 0. The quantitative estimate of drug-likeness (QED) is 0.361. The van der Waals surface area contributed by atoms with Gasteiger partial charge in [0.25, 0.3) is 0 Å². The van der Waals surface area contributed by atoms with Crippen molar-refractivity contribution >= 4 is 46.3 Å². The number of nitrogens with one attached hydrogen (secondary N) is 3. The molecule has 0 spiro atoms. The number of fused-ring (bicyclic) bond motifs is 1. The summed E-state index contributed by atoms with van der Waals surface area (Å²) in [7, 11) is 0. The van der Waals surface area contributed by atoms with Crippen LogP contribution in [0.15, 0.2) is 34.5 Å². The number of nitrogens with zero attached hydrogens (tertiary/aromatic N) is 2. The average Bonchev–Trinajstić information content (AvgIpc) is 2.72.